The zero-order valence-electron chi connectivity index (χ0n) is 35.6. The van der Waals surface area contributed by atoms with Gasteiger partial charge in [-0.3, -0.25) is 0 Å². The number of phenols is 1. The Kier molecular flexibility index (Phi) is 20.6. The number of aliphatic hydroxyl groups excluding tert-OH is 3. The molecule has 2 aromatic carbocycles. The quantitative estimate of drug-likeness (QED) is 0.0843. The van der Waals surface area contributed by atoms with Crippen molar-refractivity contribution < 1.29 is 29.9 Å². The second kappa shape index (κ2) is 21.3. The number of ether oxygens (including phenoxy) is 2. The van der Waals surface area contributed by atoms with Crippen LogP contribution in [0.2, 0.25) is 0 Å². The summed E-state index contributed by atoms with van der Waals surface area (Å²) in [5.74, 6) is 1.18. The van der Waals surface area contributed by atoms with Crippen molar-refractivity contribution in [2.75, 3.05) is 13.2 Å². The molecule has 0 spiro atoms. The molecule has 0 amide bonds. The lowest BCUT2D eigenvalue weighted by Gasteiger charge is -2.32. The molecule has 8 nitrogen and oxygen atoms in total. The third-order valence-electron chi connectivity index (χ3n) is 8.04. The van der Waals surface area contributed by atoms with E-state index in [1.54, 1.807) is 30.4 Å². The van der Waals surface area contributed by atoms with Crippen molar-refractivity contribution in [1.82, 2.24) is 0 Å². The predicted octanol–water partition coefficient (Wildman–Crippen LogP) is 10.8. The van der Waals surface area contributed by atoms with Gasteiger partial charge >= 0.3 is 0 Å². The van der Waals surface area contributed by atoms with E-state index in [9.17, 15) is 25.3 Å². The van der Waals surface area contributed by atoms with Gasteiger partial charge in [0, 0.05) is 38.5 Å². The summed E-state index contributed by atoms with van der Waals surface area (Å²) in [5.41, 5.74) is 3.16. The highest BCUT2D eigenvalue weighted by Crippen LogP contribution is 2.47. The molecule has 0 aliphatic rings. The molecule has 0 bridgehead atoms. The first-order valence-electron chi connectivity index (χ1n) is 18.8. The summed E-state index contributed by atoms with van der Waals surface area (Å²) in [6.07, 6.45) is -3.47. The van der Waals surface area contributed by atoms with Gasteiger partial charge < -0.3 is 29.9 Å². The van der Waals surface area contributed by atoms with Crippen LogP contribution in [0.3, 0.4) is 0 Å². The van der Waals surface area contributed by atoms with Crippen LogP contribution >= 0.6 is 23.5 Å². The first-order chi connectivity index (χ1) is 23.8. The lowest BCUT2D eigenvalue weighted by molar-refractivity contribution is -0.155. The van der Waals surface area contributed by atoms with Crippen LogP contribution in [-0.4, -0.2) is 62.8 Å². The van der Waals surface area contributed by atoms with Gasteiger partial charge in [-0.1, -0.05) is 116 Å². The van der Waals surface area contributed by atoms with Crippen LogP contribution in [0.25, 0.3) is 0 Å². The number of rotatable bonds is 14. The summed E-state index contributed by atoms with van der Waals surface area (Å²) in [4.78, 5) is 13.1. The second-order valence-corrected chi connectivity index (χ2v) is 20.0. The van der Waals surface area contributed by atoms with Crippen LogP contribution in [0.5, 0.6) is 11.5 Å². The number of nitroso groups, excluding NO2 is 1. The summed E-state index contributed by atoms with van der Waals surface area (Å²) in [5, 5.41) is 43.5. The van der Waals surface area contributed by atoms with E-state index in [1.165, 1.54) is 0 Å². The van der Waals surface area contributed by atoms with Crippen LogP contribution in [0.15, 0.2) is 39.2 Å². The first kappa shape index (κ1) is 50.2. The van der Waals surface area contributed by atoms with E-state index in [2.05, 4.69) is 119 Å². The zero-order valence-corrected chi connectivity index (χ0v) is 37.2. The standard InChI is InChI=1S/C38H61NO7S2.2C2H6/c1-22(46-32(42)19-31(41)30(20-40)39-44)21-45-34-28(37(9,10)11)17-25(18-29(34)38(12,13)14)48-23(2)47-24-15-26(35(3,4)5)33(43)27(16-24)36(6,7)8;2*1-2/h15-18,22-23,30-32,40-43H,19-21H2,1-14H3;2*1-2H3. The van der Waals surface area contributed by atoms with E-state index < -0.39 is 31.1 Å². The number of nitrogens with zero attached hydrogens (tertiary/aromatic N) is 1. The first-order valence-corrected chi connectivity index (χ1v) is 20.5. The molecule has 10 heteroatoms. The minimum Gasteiger partial charge on any atom is -0.507 e. The molecular weight excluding hydrogens is 695 g/mol. The van der Waals surface area contributed by atoms with Crippen molar-refractivity contribution in [3.63, 3.8) is 0 Å². The number of aliphatic hydroxyl groups is 3. The summed E-state index contributed by atoms with van der Waals surface area (Å²) >= 11 is 3.59. The molecule has 0 saturated heterocycles. The maximum Gasteiger partial charge on any atom is 0.157 e. The molecule has 52 heavy (non-hydrogen) atoms. The second-order valence-electron chi connectivity index (χ2n) is 16.9. The van der Waals surface area contributed by atoms with Gasteiger partial charge in [-0.25, -0.2) is 0 Å². The number of hydrogen-bond donors (Lipinski definition) is 4. The van der Waals surface area contributed by atoms with Gasteiger partial charge in [-0.05, 0) is 59.8 Å². The molecule has 0 heterocycles. The molecule has 5 atom stereocenters. The number of phenolic OH excluding ortho intramolecular Hbond substituents is 1. The van der Waals surface area contributed by atoms with Crippen molar-refractivity contribution in [2.24, 2.45) is 5.18 Å². The molecule has 2 rings (SSSR count). The van der Waals surface area contributed by atoms with Gasteiger partial charge in [0.15, 0.2) is 6.29 Å². The lowest BCUT2D eigenvalue weighted by atomic mass is 9.79. The Labute approximate surface area is 325 Å². The molecule has 0 aliphatic carbocycles. The Hall–Kier alpha value is -1.82. The summed E-state index contributed by atoms with van der Waals surface area (Å²) < 4.78 is 12.3. The fraction of sp³-hybridized carbons (Fsp3) is 0.714. The average molecular weight is 768 g/mol. The van der Waals surface area contributed by atoms with Gasteiger partial charge in [-0.15, -0.1) is 23.5 Å². The third kappa shape index (κ3) is 15.5. The van der Waals surface area contributed by atoms with E-state index in [4.69, 9.17) is 9.47 Å². The molecule has 5 unspecified atom stereocenters. The summed E-state index contributed by atoms with van der Waals surface area (Å²) in [6.45, 7) is 37.3. The van der Waals surface area contributed by atoms with E-state index in [0.717, 1.165) is 37.8 Å². The maximum absolute atomic E-state index is 11.2. The van der Waals surface area contributed by atoms with Crippen LogP contribution < -0.4 is 4.74 Å². The third-order valence-corrected chi connectivity index (χ3v) is 10.3. The minimum absolute atomic E-state index is 0.153. The molecule has 0 aliphatic heterocycles. The van der Waals surface area contributed by atoms with Crippen molar-refractivity contribution in [1.29, 1.82) is 0 Å². The lowest BCUT2D eigenvalue weighted by Crippen LogP contribution is -2.34. The Morgan fingerprint density at radius 3 is 1.38 bits per heavy atom. The topological polar surface area (TPSA) is 129 Å². The van der Waals surface area contributed by atoms with Gasteiger partial charge in [0.05, 0.1) is 23.4 Å². The summed E-state index contributed by atoms with van der Waals surface area (Å²) in [6, 6.07) is 7.47. The molecule has 0 radical (unpaired) electrons. The minimum atomic E-state index is -1.36. The van der Waals surface area contributed by atoms with Crippen molar-refractivity contribution in [3.8, 4) is 11.5 Å². The average Bonchev–Trinajstić information content (AvgIpc) is 3.01. The largest absolute Gasteiger partial charge is 0.507 e. The summed E-state index contributed by atoms with van der Waals surface area (Å²) in [7, 11) is 0. The van der Waals surface area contributed by atoms with Crippen LogP contribution in [0, 0.1) is 4.91 Å². The van der Waals surface area contributed by atoms with Crippen molar-refractivity contribution in [3.05, 3.63) is 51.4 Å². The Morgan fingerprint density at radius 1 is 0.692 bits per heavy atom. The highest BCUT2D eigenvalue weighted by Gasteiger charge is 2.31. The Balaban J connectivity index is 0.00000627. The fourth-order valence-electron chi connectivity index (χ4n) is 5.32. The van der Waals surface area contributed by atoms with Gasteiger partial charge in [0.25, 0.3) is 0 Å². The van der Waals surface area contributed by atoms with Gasteiger partial charge in [0.1, 0.15) is 24.1 Å². The SMILES string of the molecule is CC.CC.CC(COc1c(C(C)(C)C)cc(SC(C)Sc2cc(C(C)(C)C)c(O)c(C(C)(C)C)c2)cc1C(C)(C)C)OC(O)CC(O)C(CO)N=O. The van der Waals surface area contributed by atoms with Crippen molar-refractivity contribution >= 4 is 23.5 Å². The highest BCUT2D eigenvalue weighted by molar-refractivity contribution is 8.17. The molecule has 0 saturated carbocycles. The molecule has 4 N–H and O–H groups in total. The normalized spacial score (nSPS) is 15.2. The molecule has 0 aromatic heterocycles. The van der Waals surface area contributed by atoms with Crippen LogP contribution in [0.4, 0.5) is 0 Å². The van der Waals surface area contributed by atoms with Gasteiger partial charge in [-0.2, -0.15) is 4.91 Å². The van der Waals surface area contributed by atoms with Crippen molar-refractivity contribution in [2.45, 2.75) is 192 Å². The molecule has 0 fully saturated rings. The number of aromatic hydroxyl groups is 1. The maximum atomic E-state index is 11.2. The van der Waals surface area contributed by atoms with E-state index in [1.807, 2.05) is 27.7 Å². The molecular formula is C42H73NO7S2. The van der Waals surface area contributed by atoms with E-state index in [0.29, 0.717) is 5.75 Å². The molecule has 300 valence electrons. The monoisotopic (exact) mass is 767 g/mol. The number of hydrogen-bond acceptors (Lipinski definition) is 10. The number of benzene rings is 2. The Bertz CT molecular complexity index is 1300. The van der Waals surface area contributed by atoms with Gasteiger partial charge in [0.2, 0.25) is 0 Å². The van der Waals surface area contributed by atoms with E-state index >= 15 is 0 Å². The highest BCUT2D eigenvalue weighted by atomic mass is 32.2. The predicted molar refractivity (Wildman–Crippen MR) is 223 cm³/mol. The fourth-order valence-corrected chi connectivity index (χ4v) is 7.69. The Morgan fingerprint density at radius 2 is 1.06 bits per heavy atom. The smallest absolute Gasteiger partial charge is 0.157 e. The van der Waals surface area contributed by atoms with E-state index in [-0.39, 0.29) is 39.3 Å². The number of thioether (sulfide) groups is 2. The molecule has 2 aromatic rings. The van der Waals surface area contributed by atoms with Crippen LogP contribution in [0.1, 0.15) is 153 Å². The zero-order chi connectivity index (χ0) is 41.0. The van der Waals surface area contributed by atoms with Crippen LogP contribution in [-0.2, 0) is 26.4 Å².